The molecular weight excluding hydrogens is 193 g/mol. The number of hydrogen-bond acceptors (Lipinski definition) is 2. The monoisotopic (exact) mass is 209 g/mol. The number of benzene rings is 1. The standard InChI is InChI=1S/C12H16FNO/c13-10-6-5-9(12(15)7-10)8-14-11-3-1-2-4-11/h5-7,11,14-15H,1-4,8H2. The van der Waals surface area contributed by atoms with E-state index in [0.717, 1.165) is 11.6 Å². The maximum atomic E-state index is 12.7. The molecule has 0 heterocycles. The average molecular weight is 209 g/mol. The Balaban J connectivity index is 1.92. The van der Waals surface area contributed by atoms with E-state index in [1.54, 1.807) is 6.07 Å². The lowest BCUT2D eigenvalue weighted by molar-refractivity contribution is 0.450. The predicted molar refractivity (Wildman–Crippen MR) is 57.2 cm³/mol. The molecule has 1 aliphatic rings. The van der Waals surface area contributed by atoms with Gasteiger partial charge in [0.05, 0.1) is 0 Å². The zero-order chi connectivity index (χ0) is 10.7. The molecule has 1 aliphatic carbocycles. The summed E-state index contributed by atoms with van der Waals surface area (Å²) in [6, 6.07) is 4.73. The van der Waals surface area contributed by atoms with Gasteiger partial charge in [-0.2, -0.15) is 0 Å². The summed E-state index contributed by atoms with van der Waals surface area (Å²) in [5, 5.41) is 12.9. The van der Waals surface area contributed by atoms with Gasteiger partial charge in [0.15, 0.2) is 0 Å². The van der Waals surface area contributed by atoms with Crippen LogP contribution in [0.4, 0.5) is 4.39 Å². The number of rotatable bonds is 3. The van der Waals surface area contributed by atoms with Crippen LogP contribution in [-0.2, 0) is 6.54 Å². The smallest absolute Gasteiger partial charge is 0.126 e. The van der Waals surface area contributed by atoms with Gasteiger partial charge < -0.3 is 10.4 Å². The molecule has 2 rings (SSSR count). The molecule has 1 fully saturated rings. The summed E-state index contributed by atoms with van der Waals surface area (Å²) in [5.74, 6) is -0.349. The summed E-state index contributed by atoms with van der Waals surface area (Å²) in [6.45, 7) is 0.622. The Morgan fingerprint density at radius 1 is 1.33 bits per heavy atom. The minimum Gasteiger partial charge on any atom is -0.508 e. The molecule has 0 unspecified atom stereocenters. The van der Waals surface area contributed by atoms with Crippen LogP contribution in [0.1, 0.15) is 31.2 Å². The fraction of sp³-hybridized carbons (Fsp3) is 0.500. The number of nitrogens with one attached hydrogen (secondary N) is 1. The van der Waals surface area contributed by atoms with E-state index in [4.69, 9.17) is 0 Å². The molecule has 0 saturated heterocycles. The van der Waals surface area contributed by atoms with E-state index < -0.39 is 5.82 Å². The van der Waals surface area contributed by atoms with E-state index in [1.165, 1.54) is 31.7 Å². The highest BCUT2D eigenvalue weighted by Crippen LogP contribution is 2.21. The molecule has 0 amide bonds. The Hall–Kier alpha value is -1.09. The fourth-order valence-corrected chi connectivity index (χ4v) is 2.07. The Morgan fingerprint density at radius 2 is 2.07 bits per heavy atom. The van der Waals surface area contributed by atoms with Crippen molar-refractivity contribution in [1.82, 2.24) is 5.32 Å². The molecule has 1 saturated carbocycles. The number of phenolic OH excluding ortho intramolecular Hbond substituents is 1. The van der Waals surface area contributed by atoms with Gasteiger partial charge in [-0.05, 0) is 18.9 Å². The Labute approximate surface area is 89.1 Å². The lowest BCUT2D eigenvalue weighted by Gasteiger charge is -2.12. The van der Waals surface area contributed by atoms with Crippen molar-refractivity contribution < 1.29 is 9.50 Å². The van der Waals surface area contributed by atoms with Gasteiger partial charge in [0.25, 0.3) is 0 Å². The first-order valence-corrected chi connectivity index (χ1v) is 5.46. The Morgan fingerprint density at radius 3 is 2.73 bits per heavy atom. The molecule has 0 aromatic heterocycles. The molecular formula is C12H16FNO. The van der Waals surface area contributed by atoms with Gasteiger partial charge in [0.1, 0.15) is 11.6 Å². The van der Waals surface area contributed by atoms with Crippen molar-refractivity contribution in [2.75, 3.05) is 0 Å². The molecule has 82 valence electrons. The van der Waals surface area contributed by atoms with Crippen molar-refractivity contribution in [2.45, 2.75) is 38.3 Å². The molecule has 0 atom stereocenters. The Kier molecular flexibility index (Phi) is 3.21. The van der Waals surface area contributed by atoms with Crippen LogP contribution in [0.3, 0.4) is 0 Å². The van der Waals surface area contributed by atoms with E-state index in [-0.39, 0.29) is 5.75 Å². The summed E-state index contributed by atoms with van der Waals surface area (Å²) in [5.41, 5.74) is 0.767. The summed E-state index contributed by atoms with van der Waals surface area (Å²) in [4.78, 5) is 0. The zero-order valence-corrected chi connectivity index (χ0v) is 8.67. The van der Waals surface area contributed by atoms with Gasteiger partial charge in [-0.1, -0.05) is 18.9 Å². The van der Waals surface area contributed by atoms with Crippen LogP contribution in [0.15, 0.2) is 18.2 Å². The van der Waals surface area contributed by atoms with Crippen molar-refractivity contribution >= 4 is 0 Å². The van der Waals surface area contributed by atoms with E-state index in [2.05, 4.69) is 5.32 Å². The van der Waals surface area contributed by atoms with Gasteiger partial charge in [0, 0.05) is 24.2 Å². The third kappa shape index (κ3) is 2.69. The van der Waals surface area contributed by atoms with Crippen LogP contribution in [0.2, 0.25) is 0 Å². The van der Waals surface area contributed by atoms with Crippen LogP contribution in [0.25, 0.3) is 0 Å². The van der Waals surface area contributed by atoms with Crippen LogP contribution in [0, 0.1) is 5.82 Å². The van der Waals surface area contributed by atoms with E-state index in [9.17, 15) is 9.50 Å². The molecule has 2 N–H and O–H groups in total. The first-order valence-electron chi connectivity index (χ1n) is 5.46. The van der Waals surface area contributed by atoms with Crippen LogP contribution in [0.5, 0.6) is 5.75 Å². The molecule has 15 heavy (non-hydrogen) atoms. The van der Waals surface area contributed by atoms with Crippen LogP contribution >= 0.6 is 0 Å². The minimum absolute atomic E-state index is 0.0421. The average Bonchev–Trinajstić information content (AvgIpc) is 2.69. The first-order chi connectivity index (χ1) is 7.25. The molecule has 0 spiro atoms. The molecule has 0 radical (unpaired) electrons. The fourth-order valence-electron chi connectivity index (χ4n) is 2.07. The number of aromatic hydroxyl groups is 1. The van der Waals surface area contributed by atoms with E-state index in [0.29, 0.717) is 12.6 Å². The van der Waals surface area contributed by atoms with E-state index in [1.807, 2.05) is 0 Å². The molecule has 0 aliphatic heterocycles. The highest BCUT2D eigenvalue weighted by molar-refractivity contribution is 5.32. The van der Waals surface area contributed by atoms with E-state index >= 15 is 0 Å². The van der Waals surface area contributed by atoms with Crippen LogP contribution < -0.4 is 5.32 Å². The summed E-state index contributed by atoms with van der Waals surface area (Å²) < 4.78 is 12.7. The van der Waals surface area contributed by atoms with Gasteiger partial charge >= 0.3 is 0 Å². The SMILES string of the molecule is Oc1cc(F)ccc1CNC1CCCC1. The Bertz CT molecular complexity index is 334. The minimum atomic E-state index is -0.392. The number of phenols is 1. The number of halogens is 1. The lowest BCUT2D eigenvalue weighted by Crippen LogP contribution is -2.25. The molecule has 1 aromatic carbocycles. The summed E-state index contributed by atoms with van der Waals surface area (Å²) >= 11 is 0. The van der Waals surface area contributed by atoms with Gasteiger partial charge in [0.2, 0.25) is 0 Å². The second-order valence-electron chi connectivity index (χ2n) is 4.14. The first kappa shape index (κ1) is 10.4. The maximum absolute atomic E-state index is 12.7. The van der Waals surface area contributed by atoms with Crippen molar-refractivity contribution in [3.05, 3.63) is 29.6 Å². The highest BCUT2D eigenvalue weighted by Gasteiger charge is 2.14. The summed E-state index contributed by atoms with van der Waals surface area (Å²) in [7, 11) is 0. The normalized spacial score (nSPS) is 17.1. The quantitative estimate of drug-likeness (QED) is 0.801. The second kappa shape index (κ2) is 4.62. The largest absolute Gasteiger partial charge is 0.508 e. The highest BCUT2D eigenvalue weighted by atomic mass is 19.1. The molecule has 2 nitrogen and oxygen atoms in total. The third-order valence-electron chi connectivity index (χ3n) is 2.98. The van der Waals surface area contributed by atoms with Gasteiger partial charge in [-0.25, -0.2) is 4.39 Å². The van der Waals surface area contributed by atoms with Crippen molar-refractivity contribution in [2.24, 2.45) is 0 Å². The molecule has 0 bridgehead atoms. The van der Waals surface area contributed by atoms with Crippen molar-refractivity contribution in [1.29, 1.82) is 0 Å². The van der Waals surface area contributed by atoms with Crippen molar-refractivity contribution in [3.63, 3.8) is 0 Å². The second-order valence-corrected chi connectivity index (χ2v) is 4.14. The maximum Gasteiger partial charge on any atom is 0.126 e. The lowest BCUT2D eigenvalue weighted by atomic mass is 10.1. The van der Waals surface area contributed by atoms with Crippen molar-refractivity contribution in [3.8, 4) is 5.75 Å². The van der Waals surface area contributed by atoms with Gasteiger partial charge in [-0.3, -0.25) is 0 Å². The third-order valence-corrected chi connectivity index (χ3v) is 2.98. The van der Waals surface area contributed by atoms with Gasteiger partial charge in [-0.15, -0.1) is 0 Å². The zero-order valence-electron chi connectivity index (χ0n) is 8.67. The summed E-state index contributed by atoms with van der Waals surface area (Å²) in [6.07, 6.45) is 4.99. The van der Waals surface area contributed by atoms with Crippen LogP contribution in [-0.4, -0.2) is 11.1 Å². The predicted octanol–water partition coefficient (Wildman–Crippen LogP) is 2.56. The molecule has 1 aromatic rings. The molecule has 3 heteroatoms. The number of hydrogen-bond donors (Lipinski definition) is 2. The topological polar surface area (TPSA) is 32.3 Å².